The molecule has 0 spiro atoms. The quantitative estimate of drug-likeness (QED) is 0.633. The summed E-state index contributed by atoms with van der Waals surface area (Å²) in [6.07, 6.45) is 0. The van der Waals surface area contributed by atoms with Crippen LogP contribution in [0, 0.1) is 19.7 Å². The van der Waals surface area contributed by atoms with Gasteiger partial charge in [-0.1, -0.05) is 17.7 Å². The molecule has 0 aromatic heterocycles. The van der Waals surface area contributed by atoms with Crippen LogP contribution in [0.3, 0.4) is 0 Å². The number of hydrogen-bond acceptors (Lipinski definition) is 3. The van der Waals surface area contributed by atoms with E-state index in [0.717, 1.165) is 11.1 Å². The average Bonchev–Trinajstić information content (AvgIpc) is 2.40. The Hall–Kier alpha value is -2.36. The molecular weight excluding hydrogens is 259 g/mol. The topological polar surface area (TPSA) is 35.5 Å². The molecule has 4 heteroatoms. The van der Waals surface area contributed by atoms with Crippen molar-refractivity contribution in [1.29, 1.82) is 0 Å². The summed E-state index contributed by atoms with van der Waals surface area (Å²) in [5.41, 5.74) is 2.09. The minimum atomic E-state index is -0.531. The number of esters is 1. The van der Waals surface area contributed by atoms with Gasteiger partial charge in [0.25, 0.3) is 0 Å². The Labute approximate surface area is 117 Å². The highest BCUT2D eigenvalue weighted by Gasteiger charge is 2.07. The maximum absolute atomic E-state index is 12.7. The number of rotatable bonds is 4. The van der Waals surface area contributed by atoms with E-state index < -0.39 is 5.97 Å². The van der Waals surface area contributed by atoms with Gasteiger partial charge in [0.15, 0.2) is 6.61 Å². The summed E-state index contributed by atoms with van der Waals surface area (Å²) in [4.78, 5) is 11.6. The number of aryl methyl sites for hydroxylation is 2. The third kappa shape index (κ3) is 3.82. The second-order valence-corrected chi connectivity index (χ2v) is 4.49. The lowest BCUT2D eigenvalue weighted by molar-refractivity contribution is -0.136. The number of carbonyl (C=O) groups is 1. The lowest BCUT2D eigenvalue weighted by Crippen LogP contribution is -2.18. The second-order valence-electron chi connectivity index (χ2n) is 4.49. The molecule has 3 nitrogen and oxygen atoms in total. The summed E-state index contributed by atoms with van der Waals surface area (Å²) in [6.45, 7) is 3.70. The first-order valence-corrected chi connectivity index (χ1v) is 6.21. The van der Waals surface area contributed by atoms with E-state index in [2.05, 4.69) is 0 Å². The summed E-state index contributed by atoms with van der Waals surface area (Å²) in [7, 11) is 0. The molecule has 0 atom stereocenters. The molecule has 0 aliphatic heterocycles. The van der Waals surface area contributed by atoms with Crippen LogP contribution in [0.25, 0.3) is 0 Å². The Bertz CT molecular complexity index is 606. The molecule has 0 radical (unpaired) electrons. The molecule has 20 heavy (non-hydrogen) atoms. The normalized spacial score (nSPS) is 10.2. The Kier molecular flexibility index (Phi) is 4.35. The van der Waals surface area contributed by atoms with E-state index in [1.165, 1.54) is 24.3 Å². The SMILES string of the molecule is Cc1ccc(OCC(=O)Oc2ccc(F)cc2)c(C)c1. The summed E-state index contributed by atoms with van der Waals surface area (Å²) in [6, 6.07) is 10.9. The molecule has 0 heterocycles. The van der Waals surface area contributed by atoms with Crippen molar-refractivity contribution >= 4 is 5.97 Å². The van der Waals surface area contributed by atoms with E-state index in [9.17, 15) is 9.18 Å². The molecule has 0 N–H and O–H groups in total. The van der Waals surface area contributed by atoms with E-state index in [4.69, 9.17) is 9.47 Å². The maximum Gasteiger partial charge on any atom is 0.349 e. The van der Waals surface area contributed by atoms with Crippen molar-refractivity contribution in [3.63, 3.8) is 0 Å². The van der Waals surface area contributed by atoms with Crippen LogP contribution in [0.2, 0.25) is 0 Å². The summed E-state index contributed by atoms with van der Waals surface area (Å²) in [5, 5.41) is 0. The third-order valence-corrected chi connectivity index (χ3v) is 2.72. The molecular formula is C16H15FO3. The number of halogens is 1. The monoisotopic (exact) mass is 274 g/mol. The zero-order valence-corrected chi connectivity index (χ0v) is 11.4. The van der Waals surface area contributed by atoms with Crippen LogP contribution in [-0.2, 0) is 4.79 Å². The highest BCUT2D eigenvalue weighted by molar-refractivity contribution is 5.74. The van der Waals surface area contributed by atoms with Gasteiger partial charge in [-0.15, -0.1) is 0 Å². The van der Waals surface area contributed by atoms with E-state index in [0.29, 0.717) is 11.5 Å². The minimum absolute atomic E-state index is 0.193. The molecule has 0 aliphatic carbocycles. The first kappa shape index (κ1) is 14.1. The third-order valence-electron chi connectivity index (χ3n) is 2.72. The Balaban J connectivity index is 1.90. The molecule has 0 fully saturated rings. The lowest BCUT2D eigenvalue weighted by Gasteiger charge is -2.09. The lowest BCUT2D eigenvalue weighted by atomic mass is 10.1. The van der Waals surface area contributed by atoms with Crippen LogP contribution < -0.4 is 9.47 Å². The van der Waals surface area contributed by atoms with Crippen LogP contribution in [0.15, 0.2) is 42.5 Å². The highest BCUT2D eigenvalue weighted by atomic mass is 19.1. The zero-order chi connectivity index (χ0) is 14.5. The van der Waals surface area contributed by atoms with Gasteiger partial charge in [-0.2, -0.15) is 0 Å². The highest BCUT2D eigenvalue weighted by Crippen LogP contribution is 2.19. The largest absolute Gasteiger partial charge is 0.482 e. The van der Waals surface area contributed by atoms with E-state index in [-0.39, 0.29) is 12.4 Å². The van der Waals surface area contributed by atoms with Gasteiger partial charge in [0.1, 0.15) is 17.3 Å². The molecule has 0 saturated carbocycles. The van der Waals surface area contributed by atoms with Crippen LogP contribution in [0.1, 0.15) is 11.1 Å². The van der Waals surface area contributed by atoms with Crippen molar-refractivity contribution in [2.45, 2.75) is 13.8 Å². The van der Waals surface area contributed by atoms with Crippen LogP contribution >= 0.6 is 0 Å². The van der Waals surface area contributed by atoms with Gasteiger partial charge >= 0.3 is 5.97 Å². The Morgan fingerprint density at radius 3 is 2.45 bits per heavy atom. The molecule has 0 aliphatic rings. The van der Waals surface area contributed by atoms with Crippen molar-refractivity contribution in [2.75, 3.05) is 6.61 Å². The number of ether oxygens (including phenoxy) is 2. The van der Waals surface area contributed by atoms with Gasteiger partial charge in [0.2, 0.25) is 0 Å². The van der Waals surface area contributed by atoms with Crippen molar-refractivity contribution in [1.82, 2.24) is 0 Å². The molecule has 0 bridgehead atoms. The first-order valence-electron chi connectivity index (χ1n) is 6.21. The minimum Gasteiger partial charge on any atom is -0.482 e. The van der Waals surface area contributed by atoms with E-state index >= 15 is 0 Å². The molecule has 0 saturated heterocycles. The van der Waals surface area contributed by atoms with Gasteiger partial charge in [-0.3, -0.25) is 0 Å². The number of carbonyl (C=O) groups excluding carboxylic acids is 1. The van der Waals surface area contributed by atoms with E-state index in [1.54, 1.807) is 0 Å². The van der Waals surface area contributed by atoms with Crippen molar-refractivity contribution < 1.29 is 18.7 Å². The van der Waals surface area contributed by atoms with Gasteiger partial charge in [-0.25, -0.2) is 9.18 Å². The second kappa shape index (κ2) is 6.19. The fourth-order valence-electron chi connectivity index (χ4n) is 1.76. The smallest absolute Gasteiger partial charge is 0.349 e. The number of benzene rings is 2. The summed E-state index contributed by atoms with van der Waals surface area (Å²) >= 11 is 0. The predicted molar refractivity (Wildman–Crippen MR) is 73.4 cm³/mol. The molecule has 0 unspecified atom stereocenters. The molecule has 104 valence electrons. The van der Waals surface area contributed by atoms with Crippen LogP contribution in [0.4, 0.5) is 4.39 Å². The van der Waals surface area contributed by atoms with Gasteiger partial charge < -0.3 is 9.47 Å². The number of hydrogen-bond donors (Lipinski definition) is 0. The van der Waals surface area contributed by atoms with Crippen molar-refractivity contribution in [3.05, 3.63) is 59.4 Å². The Morgan fingerprint density at radius 1 is 1.10 bits per heavy atom. The van der Waals surface area contributed by atoms with Gasteiger partial charge in [0, 0.05) is 0 Å². The van der Waals surface area contributed by atoms with Crippen LogP contribution in [-0.4, -0.2) is 12.6 Å². The fourth-order valence-corrected chi connectivity index (χ4v) is 1.76. The van der Waals surface area contributed by atoms with Gasteiger partial charge in [0.05, 0.1) is 0 Å². The average molecular weight is 274 g/mol. The molecule has 0 amide bonds. The van der Waals surface area contributed by atoms with Crippen molar-refractivity contribution in [3.8, 4) is 11.5 Å². The maximum atomic E-state index is 12.7. The fraction of sp³-hybridized carbons (Fsp3) is 0.188. The summed E-state index contributed by atoms with van der Waals surface area (Å²) in [5.74, 6) is 0.0280. The first-order chi connectivity index (χ1) is 9.54. The standard InChI is InChI=1S/C16H15FO3/c1-11-3-8-15(12(2)9-11)19-10-16(18)20-14-6-4-13(17)5-7-14/h3-9H,10H2,1-2H3. The Morgan fingerprint density at radius 2 is 1.80 bits per heavy atom. The van der Waals surface area contributed by atoms with E-state index in [1.807, 2.05) is 32.0 Å². The van der Waals surface area contributed by atoms with Gasteiger partial charge in [-0.05, 0) is 49.7 Å². The molecule has 2 rings (SSSR count). The zero-order valence-electron chi connectivity index (χ0n) is 11.4. The van der Waals surface area contributed by atoms with Crippen LogP contribution in [0.5, 0.6) is 11.5 Å². The molecule has 2 aromatic carbocycles. The molecule has 2 aromatic rings. The predicted octanol–water partition coefficient (Wildman–Crippen LogP) is 3.43. The summed E-state index contributed by atoms with van der Waals surface area (Å²) < 4.78 is 23.1. The van der Waals surface area contributed by atoms with Crippen molar-refractivity contribution in [2.24, 2.45) is 0 Å².